The zero-order valence-electron chi connectivity index (χ0n) is 21.9. The number of aromatic nitrogens is 1. The minimum atomic E-state index is -1.02. The van der Waals surface area contributed by atoms with Gasteiger partial charge in [-0.3, -0.25) is 14.9 Å². The number of carbonyl (C=O) groups is 3. The number of hydrogen-bond donors (Lipinski definition) is 2. The molecule has 11 heteroatoms. The van der Waals surface area contributed by atoms with Crippen molar-refractivity contribution in [1.82, 2.24) is 19.7 Å². The average molecular weight is 535 g/mol. The van der Waals surface area contributed by atoms with Gasteiger partial charge in [0.25, 0.3) is 5.91 Å². The van der Waals surface area contributed by atoms with Crippen LogP contribution in [-0.4, -0.2) is 83.3 Å². The van der Waals surface area contributed by atoms with Crippen LogP contribution in [0.15, 0.2) is 24.4 Å². The third-order valence-corrected chi connectivity index (χ3v) is 7.85. The SMILES string of the molecule is CN(C)CCN1CCN(C(=O)c2cc(C(C)(C)C)sc2NC(=O)Nc2cccnc2Cl)C(C)(C)C1=O. The molecule has 3 rings (SSSR count). The number of urea groups is 1. The van der Waals surface area contributed by atoms with Crippen LogP contribution in [0.1, 0.15) is 49.9 Å². The maximum atomic E-state index is 13.8. The quantitative estimate of drug-likeness (QED) is 0.536. The summed E-state index contributed by atoms with van der Waals surface area (Å²) in [7, 11) is 3.93. The fourth-order valence-corrected chi connectivity index (χ4v) is 5.16. The molecule has 1 saturated heterocycles. The molecule has 1 fully saturated rings. The van der Waals surface area contributed by atoms with Crippen molar-refractivity contribution in [3.05, 3.63) is 40.0 Å². The number of nitrogens with zero attached hydrogens (tertiary/aromatic N) is 4. The molecule has 2 N–H and O–H groups in total. The smallest absolute Gasteiger partial charge is 0.324 e. The molecule has 3 heterocycles. The number of piperazine rings is 1. The predicted octanol–water partition coefficient (Wildman–Crippen LogP) is 4.36. The molecule has 0 radical (unpaired) electrons. The van der Waals surface area contributed by atoms with Crippen LogP contribution in [0.3, 0.4) is 0 Å². The van der Waals surface area contributed by atoms with Crippen molar-refractivity contribution in [2.45, 2.75) is 45.6 Å². The lowest BCUT2D eigenvalue weighted by atomic mass is 9.93. The van der Waals surface area contributed by atoms with Crippen LogP contribution < -0.4 is 10.6 Å². The van der Waals surface area contributed by atoms with E-state index in [9.17, 15) is 14.4 Å². The third kappa shape index (κ3) is 6.16. The number of carbonyl (C=O) groups excluding carboxylic acids is 3. The van der Waals surface area contributed by atoms with Gasteiger partial charge in [0.15, 0.2) is 5.15 Å². The lowest BCUT2D eigenvalue weighted by molar-refractivity contribution is -0.146. The molecule has 0 aliphatic carbocycles. The lowest BCUT2D eigenvalue weighted by Gasteiger charge is -2.46. The van der Waals surface area contributed by atoms with Gasteiger partial charge < -0.3 is 20.0 Å². The fourth-order valence-electron chi connectivity index (χ4n) is 3.89. The molecule has 1 aliphatic rings. The largest absolute Gasteiger partial charge is 0.338 e. The molecule has 196 valence electrons. The summed E-state index contributed by atoms with van der Waals surface area (Å²) in [5, 5.41) is 6.07. The molecule has 0 aromatic carbocycles. The average Bonchev–Trinajstić information content (AvgIpc) is 3.20. The molecule has 9 nitrogen and oxygen atoms in total. The molecule has 0 bridgehead atoms. The first-order valence-corrected chi connectivity index (χ1v) is 13.0. The Morgan fingerprint density at radius 2 is 1.92 bits per heavy atom. The monoisotopic (exact) mass is 534 g/mol. The molecule has 2 aromatic rings. The highest BCUT2D eigenvalue weighted by molar-refractivity contribution is 7.16. The van der Waals surface area contributed by atoms with Gasteiger partial charge in [0.05, 0.1) is 11.3 Å². The molecule has 0 unspecified atom stereocenters. The topological polar surface area (TPSA) is 97.9 Å². The van der Waals surface area contributed by atoms with E-state index in [4.69, 9.17) is 11.6 Å². The number of nitrogens with one attached hydrogen (secondary N) is 2. The molecule has 2 aromatic heterocycles. The van der Waals surface area contributed by atoms with Gasteiger partial charge in [-0.05, 0) is 51.6 Å². The molecule has 0 spiro atoms. The van der Waals surface area contributed by atoms with Crippen LogP contribution >= 0.6 is 22.9 Å². The fraction of sp³-hybridized carbons (Fsp3) is 0.520. The summed E-state index contributed by atoms with van der Waals surface area (Å²) in [6.45, 7) is 11.9. The Labute approximate surface area is 221 Å². The van der Waals surface area contributed by atoms with Crippen LogP contribution in [-0.2, 0) is 10.2 Å². The van der Waals surface area contributed by atoms with Gasteiger partial charge in [-0.15, -0.1) is 11.3 Å². The van der Waals surface area contributed by atoms with E-state index in [0.717, 1.165) is 11.4 Å². The molecule has 0 atom stereocenters. The summed E-state index contributed by atoms with van der Waals surface area (Å²) in [6, 6.07) is 4.58. The Morgan fingerprint density at radius 1 is 1.22 bits per heavy atom. The second-order valence-electron chi connectivity index (χ2n) is 10.6. The molecule has 4 amide bonds. The zero-order chi connectivity index (χ0) is 26.8. The van der Waals surface area contributed by atoms with E-state index in [1.807, 2.05) is 50.7 Å². The highest BCUT2D eigenvalue weighted by Crippen LogP contribution is 2.38. The highest BCUT2D eigenvalue weighted by Gasteiger charge is 2.45. The number of likely N-dealkylation sites (N-methyl/N-ethyl adjacent to an activating group) is 1. The molecular formula is C25H35ClN6O3S. The van der Waals surface area contributed by atoms with Gasteiger partial charge in [0, 0.05) is 37.3 Å². The summed E-state index contributed by atoms with van der Waals surface area (Å²) in [6.07, 6.45) is 1.53. The van der Waals surface area contributed by atoms with Crippen LogP contribution in [0, 0.1) is 0 Å². The van der Waals surface area contributed by atoms with Gasteiger partial charge in [-0.2, -0.15) is 0 Å². The number of anilines is 2. The Kier molecular flexibility index (Phi) is 8.32. The van der Waals surface area contributed by atoms with Crippen LogP contribution in [0.25, 0.3) is 0 Å². The normalized spacial score (nSPS) is 15.9. The van der Waals surface area contributed by atoms with Gasteiger partial charge in [0.2, 0.25) is 5.91 Å². The second-order valence-corrected chi connectivity index (χ2v) is 12.0. The third-order valence-electron chi connectivity index (χ3n) is 6.08. The maximum Gasteiger partial charge on any atom is 0.324 e. The van der Waals surface area contributed by atoms with Gasteiger partial charge in [-0.25, -0.2) is 9.78 Å². The summed E-state index contributed by atoms with van der Waals surface area (Å²) >= 11 is 7.41. The molecule has 1 aliphatic heterocycles. The van der Waals surface area contributed by atoms with Gasteiger partial charge in [0.1, 0.15) is 10.5 Å². The van der Waals surface area contributed by atoms with Crippen molar-refractivity contribution in [3.63, 3.8) is 0 Å². The summed E-state index contributed by atoms with van der Waals surface area (Å²) in [5.41, 5.74) is -0.537. The van der Waals surface area contributed by atoms with Gasteiger partial charge in [-0.1, -0.05) is 32.4 Å². The Hall–Kier alpha value is -2.69. The van der Waals surface area contributed by atoms with Crippen molar-refractivity contribution in [2.24, 2.45) is 0 Å². The van der Waals surface area contributed by atoms with E-state index in [2.05, 4.69) is 15.6 Å². The Balaban J connectivity index is 1.87. The predicted molar refractivity (Wildman–Crippen MR) is 145 cm³/mol. The van der Waals surface area contributed by atoms with Crippen molar-refractivity contribution in [3.8, 4) is 0 Å². The van der Waals surface area contributed by atoms with E-state index >= 15 is 0 Å². The number of thiophene rings is 1. The van der Waals surface area contributed by atoms with Crippen LogP contribution in [0.2, 0.25) is 5.15 Å². The number of pyridine rings is 1. The minimum absolute atomic E-state index is 0.0892. The Bertz CT molecular complexity index is 1140. The summed E-state index contributed by atoms with van der Waals surface area (Å²) in [5.74, 6) is -0.379. The molecule has 0 saturated carbocycles. The van der Waals surface area contributed by atoms with E-state index in [1.165, 1.54) is 17.5 Å². The first-order valence-electron chi connectivity index (χ1n) is 11.8. The van der Waals surface area contributed by atoms with E-state index < -0.39 is 11.6 Å². The number of halogens is 1. The number of rotatable bonds is 6. The van der Waals surface area contributed by atoms with E-state index in [-0.39, 0.29) is 22.4 Å². The van der Waals surface area contributed by atoms with E-state index in [0.29, 0.717) is 35.9 Å². The second kappa shape index (κ2) is 10.7. The van der Waals surface area contributed by atoms with Crippen molar-refractivity contribution >= 4 is 51.5 Å². The summed E-state index contributed by atoms with van der Waals surface area (Å²) in [4.78, 5) is 50.3. The van der Waals surface area contributed by atoms with Crippen molar-refractivity contribution in [1.29, 1.82) is 0 Å². The zero-order valence-corrected chi connectivity index (χ0v) is 23.5. The number of hydrogen-bond acceptors (Lipinski definition) is 6. The standard InChI is InChI=1S/C25H35ClN6O3S/c1-24(2,3)18-15-16(20(36-18)29-23(35)28-17-9-8-10-27-19(17)26)21(33)32-14-13-31(12-11-30(6)7)22(34)25(32,4)5/h8-10,15H,11-14H2,1-7H3,(H2,28,29,35). The number of amides is 4. The van der Waals surface area contributed by atoms with Crippen molar-refractivity contribution in [2.75, 3.05) is 50.9 Å². The van der Waals surface area contributed by atoms with Crippen molar-refractivity contribution < 1.29 is 14.4 Å². The van der Waals surface area contributed by atoms with E-state index in [1.54, 1.807) is 30.9 Å². The Morgan fingerprint density at radius 3 is 2.53 bits per heavy atom. The molecule has 36 heavy (non-hydrogen) atoms. The lowest BCUT2D eigenvalue weighted by Crippen LogP contribution is -2.65. The highest BCUT2D eigenvalue weighted by atomic mass is 35.5. The first-order chi connectivity index (χ1) is 16.7. The minimum Gasteiger partial charge on any atom is -0.338 e. The van der Waals surface area contributed by atoms with Crippen LogP contribution in [0.5, 0.6) is 0 Å². The molecular weight excluding hydrogens is 500 g/mol. The van der Waals surface area contributed by atoms with Crippen LogP contribution in [0.4, 0.5) is 15.5 Å². The van der Waals surface area contributed by atoms with Gasteiger partial charge >= 0.3 is 6.03 Å². The maximum absolute atomic E-state index is 13.8. The first kappa shape index (κ1) is 27.9. The summed E-state index contributed by atoms with van der Waals surface area (Å²) < 4.78 is 0.